The number of hydrogen-bond donors (Lipinski definition) is 2. The van der Waals surface area contributed by atoms with Crippen molar-refractivity contribution in [3.63, 3.8) is 0 Å². The molecule has 0 atom stereocenters. The third-order valence-electron chi connectivity index (χ3n) is 4.93. The summed E-state index contributed by atoms with van der Waals surface area (Å²) in [4.78, 5) is 25.1. The van der Waals surface area contributed by atoms with Crippen molar-refractivity contribution in [1.82, 2.24) is 5.32 Å². The van der Waals surface area contributed by atoms with Crippen LogP contribution < -0.4 is 19.5 Å². The van der Waals surface area contributed by atoms with E-state index in [1.54, 1.807) is 48.5 Å². The van der Waals surface area contributed by atoms with E-state index in [1.165, 1.54) is 20.3 Å². The van der Waals surface area contributed by atoms with Gasteiger partial charge in [0.05, 0.1) is 25.3 Å². The molecule has 0 bridgehead atoms. The molecule has 0 saturated heterocycles. The maximum absolute atomic E-state index is 13.2. The fourth-order valence-corrected chi connectivity index (χ4v) is 3.31. The van der Waals surface area contributed by atoms with Crippen molar-refractivity contribution in [2.24, 2.45) is 0 Å². The molecule has 0 aromatic heterocycles. The molecule has 7 heteroatoms. The summed E-state index contributed by atoms with van der Waals surface area (Å²) < 4.78 is 16.1. The predicted molar refractivity (Wildman–Crippen MR) is 125 cm³/mol. The molecule has 170 valence electrons. The largest absolute Gasteiger partial charge is 0.497 e. The lowest BCUT2D eigenvalue weighted by molar-refractivity contribution is 0.0691. The van der Waals surface area contributed by atoms with Gasteiger partial charge >= 0.3 is 5.97 Å². The highest BCUT2D eigenvalue weighted by molar-refractivity contribution is 6.09. The van der Waals surface area contributed by atoms with Gasteiger partial charge in [0.1, 0.15) is 23.9 Å². The van der Waals surface area contributed by atoms with Gasteiger partial charge in [0, 0.05) is 12.6 Å². The first-order valence-electron chi connectivity index (χ1n) is 10.2. The van der Waals surface area contributed by atoms with Gasteiger partial charge < -0.3 is 24.6 Å². The number of carbonyl (C=O) groups is 2. The van der Waals surface area contributed by atoms with Crippen LogP contribution in [0.15, 0.2) is 73.3 Å². The van der Waals surface area contributed by atoms with Crippen LogP contribution in [0.3, 0.4) is 0 Å². The maximum Gasteiger partial charge on any atom is 0.336 e. The van der Waals surface area contributed by atoms with Crippen LogP contribution in [0.1, 0.15) is 26.3 Å². The third-order valence-corrected chi connectivity index (χ3v) is 4.93. The monoisotopic (exact) mass is 447 g/mol. The molecule has 0 spiro atoms. The highest BCUT2D eigenvalue weighted by atomic mass is 16.5. The summed E-state index contributed by atoms with van der Waals surface area (Å²) in [6.07, 6.45) is 1.66. The van der Waals surface area contributed by atoms with Crippen molar-refractivity contribution in [3.8, 4) is 28.4 Å². The zero-order valence-electron chi connectivity index (χ0n) is 18.5. The Bertz CT molecular complexity index is 1130. The molecule has 0 saturated carbocycles. The Morgan fingerprint density at radius 1 is 0.970 bits per heavy atom. The average Bonchev–Trinajstić information content (AvgIpc) is 2.85. The van der Waals surface area contributed by atoms with E-state index < -0.39 is 11.9 Å². The number of benzene rings is 3. The normalized spacial score (nSPS) is 10.2. The lowest BCUT2D eigenvalue weighted by atomic mass is 9.94. The Kier molecular flexibility index (Phi) is 7.70. The molecule has 3 rings (SSSR count). The van der Waals surface area contributed by atoms with Gasteiger partial charge in [-0.05, 0) is 47.0 Å². The van der Waals surface area contributed by atoms with E-state index in [1.807, 2.05) is 12.1 Å². The van der Waals surface area contributed by atoms with Gasteiger partial charge in [-0.1, -0.05) is 36.9 Å². The van der Waals surface area contributed by atoms with E-state index in [0.29, 0.717) is 35.0 Å². The molecular formula is C26H25NO6. The van der Waals surface area contributed by atoms with E-state index in [2.05, 4.69) is 11.9 Å². The van der Waals surface area contributed by atoms with Crippen LogP contribution in [0.5, 0.6) is 17.2 Å². The lowest BCUT2D eigenvalue weighted by Crippen LogP contribution is -2.25. The molecule has 0 radical (unpaired) electrons. The highest BCUT2D eigenvalue weighted by Gasteiger charge is 2.22. The Hall–Kier alpha value is -4.26. The quantitative estimate of drug-likeness (QED) is 0.443. The lowest BCUT2D eigenvalue weighted by Gasteiger charge is -2.15. The molecule has 3 aromatic carbocycles. The first kappa shape index (κ1) is 23.4. The Morgan fingerprint density at radius 3 is 2.21 bits per heavy atom. The van der Waals surface area contributed by atoms with Crippen LogP contribution in [-0.4, -0.2) is 37.8 Å². The highest BCUT2D eigenvalue weighted by Crippen LogP contribution is 2.33. The fraction of sp³-hybridized carbons (Fsp3) is 0.154. The van der Waals surface area contributed by atoms with Crippen molar-refractivity contribution >= 4 is 11.9 Å². The number of ether oxygens (including phenoxy) is 3. The van der Waals surface area contributed by atoms with Crippen LogP contribution >= 0.6 is 0 Å². The van der Waals surface area contributed by atoms with E-state index in [4.69, 9.17) is 14.2 Å². The number of carboxylic acids is 1. The van der Waals surface area contributed by atoms with Crippen molar-refractivity contribution in [2.45, 2.75) is 6.54 Å². The van der Waals surface area contributed by atoms with Crippen LogP contribution in [-0.2, 0) is 6.54 Å². The molecule has 0 aliphatic carbocycles. The van der Waals surface area contributed by atoms with Crippen LogP contribution in [0, 0.1) is 0 Å². The van der Waals surface area contributed by atoms with Crippen LogP contribution in [0.4, 0.5) is 0 Å². The van der Waals surface area contributed by atoms with Gasteiger partial charge in [-0.15, -0.1) is 0 Å². The zero-order chi connectivity index (χ0) is 23.8. The van der Waals surface area contributed by atoms with Gasteiger partial charge in [-0.2, -0.15) is 0 Å². The number of nitrogens with one attached hydrogen (secondary N) is 1. The summed E-state index contributed by atoms with van der Waals surface area (Å²) in [6.45, 7) is 4.23. The minimum absolute atomic E-state index is 0.0613. The van der Waals surface area contributed by atoms with Crippen molar-refractivity contribution < 1.29 is 28.9 Å². The maximum atomic E-state index is 13.2. The number of aromatic carboxylic acids is 1. The number of rotatable bonds is 10. The topological polar surface area (TPSA) is 94.1 Å². The van der Waals surface area contributed by atoms with Gasteiger partial charge in [0.25, 0.3) is 5.91 Å². The van der Waals surface area contributed by atoms with Crippen LogP contribution in [0.25, 0.3) is 11.1 Å². The Morgan fingerprint density at radius 2 is 1.64 bits per heavy atom. The van der Waals surface area contributed by atoms with Gasteiger partial charge in [-0.3, -0.25) is 4.79 Å². The average molecular weight is 447 g/mol. The summed E-state index contributed by atoms with van der Waals surface area (Å²) in [5.41, 5.74) is 1.86. The number of amides is 1. The number of carboxylic acid groups (broad SMARTS) is 1. The number of hydrogen-bond acceptors (Lipinski definition) is 5. The summed E-state index contributed by atoms with van der Waals surface area (Å²) >= 11 is 0. The van der Waals surface area contributed by atoms with Crippen molar-refractivity contribution in [2.75, 3.05) is 20.8 Å². The molecule has 1 amide bonds. The fourth-order valence-electron chi connectivity index (χ4n) is 3.31. The molecule has 33 heavy (non-hydrogen) atoms. The summed E-state index contributed by atoms with van der Waals surface area (Å²) in [7, 11) is 3.04. The smallest absolute Gasteiger partial charge is 0.336 e. The SMILES string of the molecule is C=CCOc1ccc(CNC(=O)c2c(C(=O)O)cccc2-c2cc(OC)cc(OC)c2)cc1. The third kappa shape index (κ3) is 5.71. The molecule has 0 heterocycles. The molecule has 7 nitrogen and oxygen atoms in total. The molecule has 2 N–H and O–H groups in total. The zero-order valence-corrected chi connectivity index (χ0v) is 18.5. The Balaban J connectivity index is 1.92. The second kappa shape index (κ2) is 10.9. The number of methoxy groups -OCH3 is 2. The minimum atomic E-state index is -1.19. The molecule has 0 fully saturated rings. The molecule has 0 aliphatic heterocycles. The van der Waals surface area contributed by atoms with Gasteiger partial charge in [-0.25, -0.2) is 4.79 Å². The minimum Gasteiger partial charge on any atom is -0.497 e. The molecule has 3 aromatic rings. The summed E-state index contributed by atoms with van der Waals surface area (Å²) in [6, 6.07) is 17.1. The van der Waals surface area contributed by atoms with Crippen molar-refractivity contribution in [1.29, 1.82) is 0 Å². The second-order valence-electron chi connectivity index (χ2n) is 7.06. The van der Waals surface area contributed by atoms with E-state index in [9.17, 15) is 14.7 Å². The Labute approximate surface area is 192 Å². The van der Waals surface area contributed by atoms with Crippen molar-refractivity contribution in [3.05, 3.63) is 90.0 Å². The number of carbonyl (C=O) groups excluding carboxylic acids is 1. The predicted octanol–water partition coefficient (Wildman–Crippen LogP) is 4.56. The van der Waals surface area contributed by atoms with E-state index >= 15 is 0 Å². The van der Waals surface area contributed by atoms with Gasteiger partial charge in [0.15, 0.2) is 0 Å². The van der Waals surface area contributed by atoms with Gasteiger partial charge in [0.2, 0.25) is 0 Å². The van der Waals surface area contributed by atoms with Crippen LogP contribution in [0.2, 0.25) is 0 Å². The second-order valence-corrected chi connectivity index (χ2v) is 7.06. The first-order valence-corrected chi connectivity index (χ1v) is 10.2. The van der Waals surface area contributed by atoms with E-state index in [0.717, 1.165) is 5.56 Å². The first-order chi connectivity index (χ1) is 16.0. The summed E-state index contributed by atoms with van der Waals surface area (Å²) in [5.74, 6) is 0.0400. The van der Waals surface area contributed by atoms with E-state index in [-0.39, 0.29) is 17.7 Å². The summed E-state index contributed by atoms with van der Waals surface area (Å²) in [5, 5.41) is 12.5. The standard InChI is InChI=1S/C26H25NO6/c1-4-12-33-19-10-8-17(9-11-19)16-27-25(28)24-22(6-5-7-23(24)26(29)30)18-13-20(31-2)15-21(14-18)32-3/h4-11,13-15H,1,12,16H2,2-3H3,(H,27,28)(H,29,30). The molecule has 0 unspecified atom stereocenters. The molecular weight excluding hydrogens is 422 g/mol. The molecule has 0 aliphatic rings.